The summed E-state index contributed by atoms with van der Waals surface area (Å²) in [7, 11) is 0. The molecule has 1 aromatic rings. The maximum absolute atomic E-state index is 5.75. The second-order valence-electron chi connectivity index (χ2n) is 4.00. The van der Waals surface area contributed by atoms with Gasteiger partial charge in [0.2, 0.25) is 0 Å². The Morgan fingerprint density at radius 1 is 1.50 bits per heavy atom. The van der Waals surface area contributed by atoms with Gasteiger partial charge in [0, 0.05) is 6.04 Å². The molecule has 0 aromatic heterocycles. The summed E-state index contributed by atoms with van der Waals surface area (Å²) in [5.74, 6) is 0.834. The van der Waals surface area contributed by atoms with E-state index in [1.54, 1.807) is 6.08 Å². The van der Waals surface area contributed by atoms with E-state index in [4.69, 9.17) is 10.5 Å². The normalized spacial score (nSPS) is 14.2. The van der Waals surface area contributed by atoms with Crippen LogP contribution < -0.4 is 10.5 Å². The maximum Gasteiger partial charge on any atom is 0.134 e. The second kappa shape index (κ2) is 6.06. The monoisotopic (exact) mass is 283 g/mol. The van der Waals surface area contributed by atoms with Gasteiger partial charge in [-0.25, -0.2) is 0 Å². The number of rotatable bonds is 5. The van der Waals surface area contributed by atoms with Crippen molar-refractivity contribution in [3.63, 3.8) is 0 Å². The molecule has 16 heavy (non-hydrogen) atoms. The Bertz CT molecular complexity index is 363. The predicted molar refractivity (Wildman–Crippen MR) is 71.8 cm³/mol. The van der Waals surface area contributed by atoms with Gasteiger partial charge in [-0.2, -0.15) is 0 Å². The van der Waals surface area contributed by atoms with Gasteiger partial charge in [-0.3, -0.25) is 0 Å². The molecule has 1 rings (SSSR count). The minimum Gasteiger partial charge on any atom is -0.485 e. The summed E-state index contributed by atoms with van der Waals surface area (Å²) < 4.78 is 6.62. The van der Waals surface area contributed by atoms with Gasteiger partial charge in [0.15, 0.2) is 0 Å². The quantitative estimate of drug-likeness (QED) is 0.842. The van der Waals surface area contributed by atoms with Crippen molar-refractivity contribution in [3.05, 3.63) is 40.9 Å². The Hall–Kier alpha value is -0.800. The molecule has 0 aliphatic carbocycles. The highest BCUT2D eigenvalue weighted by molar-refractivity contribution is 9.10. The lowest BCUT2D eigenvalue weighted by Gasteiger charge is -2.13. The Morgan fingerprint density at radius 3 is 2.69 bits per heavy atom. The Kier molecular flexibility index (Phi) is 5.03. The molecule has 0 aliphatic rings. The molecule has 2 unspecified atom stereocenters. The molecule has 0 spiro atoms. The summed E-state index contributed by atoms with van der Waals surface area (Å²) in [6.07, 6.45) is 2.65. The highest BCUT2D eigenvalue weighted by Gasteiger charge is 2.06. The first kappa shape index (κ1) is 13.3. The average Bonchev–Trinajstić information content (AvgIpc) is 2.21. The van der Waals surface area contributed by atoms with Crippen molar-refractivity contribution >= 4 is 15.9 Å². The van der Waals surface area contributed by atoms with Gasteiger partial charge in [-0.15, -0.1) is 0 Å². The van der Waals surface area contributed by atoms with E-state index >= 15 is 0 Å². The van der Waals surface area contributed by atoms with E-state index in [-0.39, 0.29) is 12.1 Å². The molecule has 0 saturated heterocycles. The Morgan fingerprint density at radius 2 is 2.19 bits per heavy atom. The van der Waals surface area contributed by atoms with Gasteiger partial charge in [0.25, 0.3) is 0 Å². The molecule has 1 aromatic carbocycles. The van der Waals surface area contributed by atoms with Crippen LogP contribution in [0.15, 0.2) is 35.3 Å². The van der Waals surface area contributed by atoms with Crippen LogP contribution in [-0.2, 0) is 6.42 Å². The third-order valence-corrected chi connectivity index (χ3v) is 2.82. The van der Waals surface area contributed by atoms with Crippen LogP contribution in [0.5, 0.6) is 5.75 Å². The van der Waals surface area contributed by atoms with E-state index in [2.05, 4.69) is 28.6 Å². The molecule has 0 bridgehead atoms. The molecule has 88 valence electrons. The van der Waals surface area contributed by atoms with Gasteiger partial charge in [-0.05, 0) is 53.9 Å². The van der Waals surface area contributed by atoms with E-state index in [9.17, 15) is 0 Å². The maximum atomic E-state index is 5.75. The van der Waals surface area contributed by atoms with Crippen LogP contribution in [0.25, 0.3) is 0 Å². The predicted octanol–water partition coefficient (Wildman–Crippen LogP) is 3.29. The Labute approximate surface area is 106 Å². The van der Waals surface area contributed by atoms with E-state index < -0.39 is 0 Å². The summed E-state index contributed by atoms with van der Waals surface area (Å²) in [5.41, 5.74) is 6.96. The fourth-order valence-electron chi connectivity index (χ4n) is 1.39. The summed E-state index contributed by atoms with van der Waals surface area (Å²) in [6, 6.07) is 6.22. The SMILES string of the molecule is C=CC(C)Oc1ccc(CC(C)N)cc1Br. The molecule has 0 fully saturated rings. The highest BCUT2D eigenvalue weighted by atomic mass is 79.9. The van der Waals surface area contributed by atoms with E-state index in [1.165, 1.54) is 5.56 Å². The Balaban J connectivity index is 2.78. The second-order valence-corrected chi connectivity index (χ2v) is 4.86. The number of hydrogen-bond acceptors (Lipinski definition) is 2. The lowest BCUT2D eigenvalue weighted by molar-refractivity contribution is 0.268. The van der Waals surface area contributed by atoms with Crippen molar-refractivity contribution in [2.24, 2.45) is 5.73 Å². The third kappa shape index (κ3) is 3.99. The third-order valence-electron chi connectivity index (χ3n) is 2.20. The largest absolute Gasteiger partial charge is 0.485 e. The summed E-state index contributed by atoms with van der Waals surface area (Å²) in [5, 5.41) is 0. The molecular formula is C13H18BrNO. The van der Waals surface area contributed by atoms with Gasteiger partial charge in [-0.1, -0.05) is 18.7 Å². The summed E-state index contributed by atoms with van der Waals surface area (Å²) in [4.78, 5) is 0. The smallest absolute Gasteiger partial charge is 0.134 e. The van der Waals surface area contributed by atoms with Crippen LogP contribution >= 0.6 is 15.9 Å². The molecule has 2 N–H and O–H groups in total. The first-order chi connectivity index (χ1) is 7.52. The number of ether oxygens (including phenoxy) is 1. The molecule has 3 heteroatoms. The number of halogens is 1. The van der Waals surface area contributed by atoms with Gasteiger partial charge >= 0.3 is 0 Å². The first-order valence-corrected chi connectivity index (χ1v) is 6.15. The highest BCUT2D eigenvalue weighted by Crippen LogP contribution is 2.27. The van der Waals surface area contributed by atoms with Crippen molar-refractivity contribution in [3.8, 4) is 5.75 Å². The molecule has 0 radical (unpaired) electrons. The topological polar surface area (TPSA) is 35.2 Å². The van der Waals surface area contributed by atoms with Crippen LogP contribution in [0.4, 0.5) is 0 Å². The average molecular weight is 284 g/mol. The van der Waals surface area contributed by atoms with Crippen molar-refractivity contribution in [2.75, 3.05) is 0 Å². The van der Waals surface area contributed by atoms with Crippen LogP contribution in [0.2, 0.25) is 0 Å². The van der Waals surface area contributed by atoms with E-state index in [0.29, 0.717) is 0 Å². The molecule has 0 heterocycles. The fourth-order valence-corrected chi connectivity index (χ4v) is 1.91. The molecular weight excluding hydrogens is 266 g/mol. The lowest BCUT2D eigenvalue weighted by atomic mass is 10.1. The molecule has 0 saturated carbocycles. The van der Waals surface area contributed by atoms with Crippen molar-refractivity contribution in [1.29, 1.82) is 0 Å². The molecule has 0 aliphatic heterocycles. The van der Waals surface area contributed by atoms with Crippen LogP contribution in [0, 0.1) is 0 Å². The fraction of sp³-hybridized carbons (Fsp3) is 0.385. The zero-order chi connectivity index (χ0) is 12.1. The van der Waals surface area contributed by atoms with E-state index in [1.807, 2.05) is 26.0 Å². The zero-order valence-electron chi connectivity index (χ0n) is 9.74. The minimum atomic E-state index is 0.00980. The minimum absolute atomic E-state index is 0.00980. The van der Waals surface area contributed by atoms with Crippen LogP contribution in [-0.4, -0.2) is 12.1 Å². The van der Waals surface area contributed by atoms with Gasteiger partial charge in [0.05, 0.1) is 4.47 Å². The van der Waals surface area contributed by atoms with E-state index in [0.717, 1.165) is 16.6 Å². The van der Waals surface area contributed by atoms with Crippen molar-refractivity contribution in [1.82, 2.24) is 0 Å². The number of hydrogen-bond donors (Lipinski definition) is 1. The first-order valence-electron chi connectivity index (χ1n) is 5.36. The zero-order valence-corrected chi connectivity index (χ0v) is 11.3. The van der Waals surface area contributed by atoms with Gasteiger partial charge < -0.3 is 10.5 Å². The number of nitrogens with two attached hydrogens (primary N) is 1. The van der Waals surface area contributed by atoms with Crippen LogP contribution in [0.3, 0.4) is 0 Å². The molecule has 2 nitrogen and oxygen atoms in total. The standard InChI is InChI=1S/C13H18BrNO/c1-4-10(3)16-13-6-5-11(7-9(2)15)8-12(13)14/h4-6,8-10H,1,7,15H2,2-3H3. The molecule has 2 atom stereocenters. The molecule has 0 amide bonds. The van der Waals surface area contributed by atoms with Gasteiger partial charge in [0.1, 0.15) is 11.9 Å². The summed E-state index contributed by atoms with van der Waals surface area (Å²) in [6.45, 7) is 7.64. The summed E-state index contributed by atoms with van der Waals surface area (Å²) >= 11 is 3.49. The number of benzene rings is 1. The van der Waals surface area contributed by atoms with Crippen LogP contribution in [0.1, 0.15) is 19.4 Å². The van der Waals surface area contributed by atoms with Crippen molar-refractivity contribution in [2.45, 2.75) is 32.4 Å². The lowest BCUT2D eigenvalue weighted by Crippen LogP contribution is -2.17. The van der Waals surface area contributed by atoms with Crippen molar-refractivity contribution < 1.29 is 4.74 Å².